The van der Waals surface area contributed by atoms with Gasteiger partial charge in [0.05, 0.1) is 12.5 Å². The molecule has 4 rings (SSSR count). The van der Waals surface area contributed by atoms with Crippen LogP contribution in [0.4, 0.5) is 10.2 Å². The van der Waals surface area contributed by atoms with Crippen LogP contribution in [0.5, 0.6) is 5.75 Å². The van der Waals surface area contributed by atoms with Crippen molar-refractivity contribution in [3.05, 3.63) is 53.7 Å². The van der Waals surface area contributed by atoms with Crippen LogP contribution in [-0.4, -0.2) is 74.2 Å². The maximum atomic E-state index is 12.6. The number of sulfonamides is 1. The molecule has 2 aliphatic rings. The molecule has 7 nitrogen and oxygen atoms in total. The highest BCUT2D eigenvalue weighted by Gasteiger charge is 2.28. The summed E-state index contributed by atoms with van der Waals surface area (Å²) in [6.07, 6.45) is 3.12. The lowest BCUT2D eigenvalue weighted by Gasteiger charge is -2.39. The van der Waals surface area contributed by atoms with Gasteiger partial charge >= 0.3 is 0 Å². The van der Waals surface area contributed by atoms with E-state index in [-0.39, 0.29) is 6.10 Å². The van der Waals surface area contributed by atoms with Crippen LogP contribution in [0.15, 0.2) is 42.6 Å². The highest BCUT2D eigenvalue weighted by molar-refractivity contribution is 7.88. The van der Waals surface area contributed by atoms with E-state index in [1.165, 1.54) is 16.1 Å². The first-order chi connectivity index (χ1) is 14.4. The number of alkyl halides is 1. The highest BCUT2D eigenvalue weighted by atomic mass is 32.2. The van der Waals surface area contributed by atoms with E-state index >= 15 is 0 Å². The van der Waals surface area contributed by atoms with E-state index in [0.29, 0.717) is 31.7 Å². The van der Waals surface area contributed by atoms with Crippen molar-refractivity contribution in [1.29, 1.82) is 0 Å². The van der Waals surface area contributed by atoms with Gasteiger partial charge in [-0.2, -0.15) is 4.31 Å². The molecule has 0 N–H and O–H groups in total. The molecular weight excluding hydrogens is 407 g/mol. The lowest BCUT2D eigenvalue weighted by Crippen LogP contribution is -2.53. The minimum Gasteiger partial charge on any atom is -0.486 e. The Bertz CT molecular complexity index is 939. The Morgan fingerprint density at radius 2 is 1.70 bits per heavy atom. The van der Waals surface area contributed by atoms with Gasteiger partial charge in [0.25, 0.3) is 0 Å². The predicted molar refractivity (Wildman–Crippen MR) is 114 cm³/mol. The average molecular weight is 435 g/mol. The number of rotatable bonds is 7. The lowest BCUT2D eigenvalue weighted by molar-refractivity contribution is 0.0144. The third kappa shape index (κ3) is 5.08. The molecule has 0 amide bonds. The van der Waals surface area contributed by atoms with Crippen LogP contribution in [0.1, 0.15) is 11.1 Å². The molecule has 0 bridgehead atoms. The molecule has 2 saturated heterocycles. The van der Waals surface area contributed by atoms with Crippen molar-refractivity contribution in [1.82, 2.24) is 14.2 Å². The molecule has 9 heteroatoms. The maximum absolute atomic E-state index is 12.6. The minimum absolute atomic E-state index is 0.140. The fourth-order valence-corrected chi connectivity index (χ4v) is 4.62. The summed E-state index contributed by atoms with van der Waals surface area (Å²) in [5, 5.41) is 0. The number of nitrogens with zero attached hydrogens (tertiary/aromatic N) is 4. The first kappa shape index (κ1) is 21.0. The third-order valence-corrected chi connectivity index (χ3v) is 6.87. The molecular formula is C21H27FN4O3S. The largest absolute Gasteiger partial charge is 0.486 e. The van der Waals surface area contributed by atoms with Crippen molar-refractivity contribution >= 4 is 15.8 Å². The first-order valence-electron chi connectivity index (χ1n) is 10.1. The molecule has 0 atom stereocenters. The Balaban J connectivity index is 1.22. The molecule has 2 fully saturated rings. The second-order valence-electron chi connectivity index (χ2n) is 7.89. The molecule has 3 heterocycles. The van der Waals surface area contributed by atoms with Crippen LogP contribution in [0.25, 0.3) is 0 Å². The number of anilines is 1. The summed E-state index contributed by atoms with van der Waals surface area (Å²) in [7, 11) is -3.13. The number of likely N-dealkylation sites (tertiary alicyclic amines) is 1. The van der Waals surface area contributed by atoms with Gasteiger partial charge in [-0.15, -0.1) is 0 Å². The normalized spacial score (nSPS) is 18.9. The average Bonchev–Trinajstić information content (AvgIpc) is 2.73. The van der Waals surface area contributed by atoms with Crippen molar-refractivity contribution < 1.29 is 17.5 Å². The molecule has 2 aromatic rings. The summed E-state index contributed by atoms with van der Waals surface area (Å²) in [6.45, 7) is 4.32. The number of hydrogen-bond donors (Lipinski definition) is 0. The molecule has 0 saturated carbocycles. The SMILES string of the molecule is CS(=O)(=O)N1CCN(c2ccc(OC3CN(Cc4ccc(CF)cc4)C3)cn2)CC1. The molecule has 1 aromatic carbocycles. The highest BCUT2D eigenvalue weighted by Crippen LogP contribution is 2.22. The van der Waals surface area contributed by atoms with Gasteiger partial charge in [-0.05, 0) is 23.3 Å². The Morgan fingerprint density at radius 1 is 1.03 bits per heavy atom. The summed E-state index contributed by atoms with van der Waals surface area (Å²) in [6, 6.07) is 11.5. The number of benzene rings is 1. The van der Waals surface area contributed by atoms with Crippen molar-refractivity contribution in [2.45, 2.75) is 19.3 Å². The summed E-state index contributed by atoms with van der Waals surface area (Å²) < 4.78 is 43.3. The summed E-state index contributed by atoms with van der Waals surface area (Å²) in [5.74, 6) is 1.58. The zero-order valence-corrected chi connectivity index (χ0v) is 17.9. The topological polar surface area (TPSA) is 66.0 Å². The molecule has 1 aromatic heterocycles. The lowest BCUT2D eigenvalue weighted by atomic mass is 10.1. The monoisotopic (exact) mass is 434 g/mol. The van der Waals surface area contributed by atoms with Crippen LogP contribution in [0, 0.1) is 0 Å². The zero-order valence-electron chi connectivity index (χ0n) is 17.1. The van der Waals surface area contributed by atoms with E-state index in [0.717, 1.165) is 31.2 Å². The van der Waals surface area contributed by atoms with Crippen LogP contribution in [0.3, 0.4) is 0 Å². The van der Waals surface area contributed by atoms with Crippen molar-refractivity contribution in [2.75, 3.05) is 50.4 Å². The Hall–Kier alpha value is -2.23. The second-order valence-corrected chi connectivity index (χ2v) is 9.87. The van der Waals surface area contributed by atoms with E-state index in [1.807, 2.05) is 36.4 Å². The standard InChI is InChI=1S/C21H27FN4O3S/c1-30(27,28)26-10-8-25(9-11-26)21-7-6-19(13-23-21)29-20-15-24(16-20)14-18-4-2-17(12-22)3-5-18/h2-7,13,20H,8-12,14-16H2,1H3. The van der Waals surface area contributed by atoms with E-state index in [4.69, 9.17) is 4.74 Å². The smallest absolute Gasteiger partial charge is 0.211 e. The van der Waals surface area contributed by atoms with E-state index in [1.54, 1.807) is 6.20 Å². The molecule has 0 spiro atoms. The van der Waals surface area contributed by atoms with Gasteiger partial charge < -0.3 is 9.64 Å². The van der Waals surface area contributed by atoms with Gasteiger partial charge in [0.2, 0.25) is 10.0 Å². The van der Waals surface area contributed by atoms with Crippen molar-refractivity contribution in [3.8, 4) is 5.75 Å². The van der Waals surface area contributed by atoms with E-state index < -0.39 is 16.7 Å². The molecule has 2 aliphatic heterocycles. The Labute approximate surface area is 177 Å². The van der Waals surface area contributed by atoms with Gasteiger partial charge in [0.1, 0.15) is 24.3 Å². The fourth-order valence-electron chi connectivity index (χ4n) is 3.79. The van der Waals surface area contributed by atoms with Crippen LogP contribution < -0.4 is 9.64 Å². The van der Waals surface area contributed by atoms with Gasteiger partial charge in [-0.3, -0.25) is 4.90 Å². The third-order valence-electron chi connectivity index (χ3n) is 5.56. The van der Waals surface area contributed by atoms with Gasteiger partial charge in [0, 0.05) is 45.8 Å². The summed E-state index contributed by atoms with van der Waals surface area (Å²) in [5.41, 5.74) is 1.88. The quantitative estimate of drug-likeness (QED) is 0.663. The number of halogens is 1. The number of hydrogen-bond acceptors (Lipinski definition) is 6. The van der Waals surface area contributed by atoms with Crippen LogP contribution in [0.2, 0.25) is 0 Å². The van der Waals surface area contributed by atoms with Gasteiger partial charge in [0.15, 0.2) is 0 Å². The van der Waals surface area contributed by atoms with Gasteiger partial charge in [-0.25, -0.2) is 17.8 Å². The summed E-state index contributed by atoms with van der Waals surface area (Å²) >= 11 is 0. The minimum atomic E-state index is -3.13. The molecule has 0 unspecified atom stereocenters. The van der Waals surface area contributed by atoms with Crippen molar-refractivity contribution in [3.63, 3.8) is 0 Å². The van der Waals surface area contributed by atoms with E-state index in [2.05, 4.69) is 14.8 Å². The van der Waals surface area contributed by atoms with E-state index in [9.17, 15) is 12.8 Å². The molecule has 30 heavy (non-hydrogen) atoms. The van der Waals surface area contributed by atoms with Gasteiger partial charge in [-0.1, -0.05) is 24.3 Å². The van der Waals surface area contributed by atoms with Crippen molar-refractivity contribution in [2.24, 2.45) is 0 Å². The summed E-state index contributed by atoms with van der Waals surface area (Å²) in [4.78, 5) is 8.87. The fraction of sp³-hybridized carbons (Fsp3) is 0.476. The molecule has 162 valence electrons. The maximum Gasteiger partial charge on any atom is 0.211 e. The number of ether oxygens (including phenoxy) is 1. The molecule has 0 aliphatic carbocycles. The van der Waals surface area contributed by atoms with Crippen LogP contribution >= 0.6 is 0 Å². The Morgan fingerprint density at radius 3 is 2.27 bits per heavy atom. The number of pyridine rings is 1. The number of aromatic nitrogens is 1. The Kier molecular flexibility index (Phi) is 6.21. The predicted octanol–water partition coefficient (Wildman–Crippen LogP) is 1.90. The first-order valence-corrected chi connectivity index (χ1v) is 11.9. The zero-order chi connectivity index (χ0) is 21.1. The molecule has 0 radical (unpaired) electrons. The number of piperazine rings is 1. The second kappa shape index (κ2) is 8.87. The van der Waals surface area contributed by atoms with Crippen LogP contribution in [-0.2, 0) is 23.2 Å².